The molecule has 6 rings (SSSR count). The number of amides is 5. The van der Waals surface area contributed by atoms with Gasteiger partial charge in [-0.25, -0.2) is 14.3 Å². The zero-order chi connectivity index (χ0) is 36.6. The SMILES string of the molecule is CC(C)(C)OC(=O)N[C@H]1CCCCC/C=C\[C@@H]2C[C@@]2(C(=O)NS(=O)(=O)NC2CC2)NC(=O)[C@@H]2C[C@@H](OC(=O)N3Cc4ccccc4C3)CN2C1=O. The molecular weight excluding hydrogens is 680 g/mol. The van der Waals surface area contributed by atoms with Crippen molar-refractivity contribution in [2.24, 2.45) is 5.92 Å². The number of benzene rings is 1. The van der Waals surface area contributed by atoms with Crippen LogP contribution in [0.25, 0.3) is 0 Å². The highest BCUT2D eigenvalue weighted by atomic mass is 32.2. The second-order valence-electron chi connectivity index (χ2n) is 15.2. The van der Waals surface area contributed by atoms with Crippen molar-refractivity contribution in [1.29, 1.82) is 0 Å². The summed E-state index contributed by atoms with van der Waals surface area (Å²) in [5, 5.41) is 5.49. The zero-order valence-electron chi connectivity index (χ0n) is 29.3. The van der Waals surface area contributed by atoms with E-state index in [0.29, 0.717) is 38.8 Å². The molecule has 278 valence electrons. The lowest BCUT2D eigenvalue weighted by molar-refractivity contribution is -0.141. The Bertz CT molecular complexity index is 1660. The molecule has 15 nitrogen and oxygen atoms in total. The van der Waals surface area contributed by atoms with Crippen LogP contribution >= 0.6 is 0 Å². The van der Waals surface area contributed by atoms with E-state index in [1.54, 1.807) is 25.7 Å². The van der Waals surface area contributed by atoms with E-state index >= 15 is 0 Å². The molecule has 5 atom stereocenters. The zero-order valence-corrected chi connectivity index (χ0v) is 30.1. The van der Waals surface area contributed by atoms with Crippen molar-refractivity contribution in [3.63, 3.8) is 0 Å². The molecule has 2 saturated carbocycles. The lowest BCUT2D eigenvalue weighted by Crippen LogP contribution is -2.59. The summed E-state index contributed by atoms with van der Waals surface area (Å²) in [7, 11) is -4.17. The molecule has 4 N–H and O–H groups in total. The van der Waals surface area contributed by atoms with E-state index in [0.717, 1.165) is 24.0 Å². The first kappa shape index (κ1) is 36.6. The third kappa shape index (κ3) is 9.01. The van der Waals surface area contributed by atoms with Crippen LogP contribution in [0.1, 0.15) is 89.7 Å². The monoisotopic (exact) mass is 728 g/mol. The Morgan fingerprint density at radius 2 is 1.71 bits per heavy atom. The summed E-state index contributed by atoms with van der Waals surface area (Å²) in [5.74, 6) is -2.59. The number of nitrogens with one attached hydrogen (secondary N) is 4. The molecule has 0 spiro atoms. The van der Waals surface area contributed by atoms with Gasteiger partial charge in [0.1, 0.15) is 29.3 Å². The predicted octanol–water partition coefficient (Wildman–Crippen LogP) is 2.51. The molecule has 0 bridgehead atoms. The van der Waals surface area contributed by atoms with Crippen LogP contribution in [0.4, 0.5) is 9.59 Å². The van der Waals surface area contributed by atoms with E-state index in [1.807, 2.05) is 36.4 Å². The van der Waals surface area contributed by atoms with Gasteiger partial charge < -0.3 is 25.0 Å². The van der Waals surface area contributed by atoms with E-state index in [4.69, 9.17) is 9.47 Å². The Balaban J connectivity index is 1.24. The van der Waals surface area contributed by atoms with Crippen LogP contribution in [0.15, 0.2) is 36.4 Å². The average molecular weight is 729 g/mol. The molecule has 0 aromatic heterocycles. The summed E-state index contributed by atoms with van der Waals surface area (Å²) in [6, 6.07) is 5.21. The molecule has 51 heavy (non-hydrogen) atoms. The molecule has 0 radical (unpaired) electrons. The Hall–Kier alpha value is -4.18. The van der Waals surface area contributed by atoms with Gasteiger partial charge in [-0.1, -0.05) is 49.3 Å². The fourth-order valence-electron chi connectivity index (χ4n) is 6.96. The summed E-state index contributed by atoms with van der Waals surface area (Å²) in [6.07, 6.45) is 6.00. The maximum atomic E-state index is 14.3. The average Bonchev–Trinajstić information content (AvgIpc) is 3.88. The Kier molecular flexibility index (Phi) is 10.4. The minimum Gasteiger partial charge on any atom is -0.444 e. The van der Waals surface area contributed by atoms with Crippen LogP contribution in [0.5, 0.6) is 0 Å². The number of nitrogens with zero attached hydrogens (tertiary/aromatic N) is 2. The number of rotatable bonds is 6. The number of carbonyl (C=O) groups excluding carboxylic acids is 5. The first-order valence-corrected chi connectivity index (χ1v) is 19.3. The van der Waals surface area contributed by atoms with Gasteiger partial charge in [-0.05, 0) is 70.4 Å². The van der Waals surface area contributed by atoms with Gasteiger partial charge in [0.2, 0.25) is 11.8 Å². The van der Waals surface area contributed by atoms with Crippen molar-refractivity contribution >= 4 is 40.1 Å². The van der Waals surface area contributed by atoms with Crippen molar-refractivity contribution in [3.8, 4) is 0 Å². The lowest BCUT2D eigenvalue weighted by Gasteiger charge is -2.30. The molecular formula is C35H48N6O9S. The van der Waals surface area contributed by atoms with Crippen LogP contribution < -0.4 is 20.1 Å². The minimum absolute atomic E-state index is 0.0665. The summed E-state index contributed by atoms with van der Waals surface area (Å²) >= 11 is 0. The van der Waals surface area contributed by atoms with Gasteiger partial charge in [-0.2, -0.15) is 13.1 Å². The van der Waals surface area contributed by atoms with Crippen LogP contribution in [-0.2, 0) is 47.2 Å². The van der Waals surface area contributed by atoms with E-state index in [2.05, 4.69) is 20.1 Å². The highest BCUT2D eigenvalue weighted by Crippen LogP contribution is 2.46. The van der Waals surface area contributed by atoms with E-state index in [1.165, 1.54) is 4.90 Å². The van der Waals surface area contributed by atoms with Crippen LogP contribution in [0, 0.1) is 5.92 Å². The normalized spacial score (nSPS) is 28.9. The molecule has 1 aromatic rings. The second kappa shape index (κ2) is 14.4. The Morgan fingerprint density at radius 1 is 1.00 bits per heavy atom. The van der Waals surface area contributed by atoms with Gasteiger partial charge in [0.05, 0.1) is 6.54 Å². The number of carbonyl (C=O) groups is 5. The van der Waals surface area contributed by atoms with Crippen molar-refractivity contribution in [2.45, 2.75) is 127 Å². The predicted molar refractivity (Wildman–Crippen MR) is 184 cm³/mol. The van der Waals surface area contributed by atoms with E-state index < -0.39 is 75.4 Å². The third-order valence-corrected chi connectivity index (χ3v) is 10.9. The van der Waals surface area contributed by atoms with Crippen LogP contribution in [0.3, 0.4) is 0 Å². The number of fused-ring (bicyclic) bond motifs is 3. The lowest BCUT2D eigenvalue weighted by atomic mass is 10.0. The molecule has 0 unspecified atom stereocenters. The fraction of sp³-hybridized carbons (Fsp3) is 0.629. The number of hydrogen-bond donors (Lipinski definition) is 4. The van der Waals surface area contributed by atoms with Gasteiger partial charge in [-0.15, -0.1) is 0 Å². The van der Waals surface area contributed by atoms with Gasteiger partial charge in [0, 0.05) is 31.5 Å². The Labute approximate surface area is 298 Å². The first-order chi connectivity index (χ1) is 24.1. The van der Waals surface area contributed by atoms with Crippen molar-refractivity contribution < 1.29 is 41.9 Å². The van der Waals surface area contributed by atoms with Gasteiger partial charge in [0.15, 0.2) is 0 Å². The molecule has 16 heteroatoms. The molecule has 2 aliphatic carbocycles. The highest BCUT2D eigenvalue weighted by Gasteiger charge is 2.62. The highest BCUT2D eigenvalue weighted by molar-refractivity contribution is 7.88. The third-order valence-electron chi connectivity index (χ3n) is 9.83. The molecule has 5 aliphatic rings. The number of ether oxygens (including phenoxy) is 2. The van der Waals surface area contributed by atoms with Crippen molar-refractivity contribution in [2.75, 3.05) is 6.54 Å². The van der Waals surface area contributed by atoms with Gasteiger partial charge in [-0.3, -0.25) is 19.3 Å². The molecule has 1 saturated heterocycles. The maximum Gasteiger partial charge on any atom is 0.410 e. The standard InChI is InChI=1S/C35H48N6O9S/c1-34(2,3)50-32(45)36-27-14-8-6-4-5-7-13-24-18-35(24,31(44)39-51(47,48)38-25-15-16-25)37-29(42)28-17-26(21-41(28)30(27)43)49-33(46)40-19-22-11-9-10-12-23(22)20-40/h7,9-13,24-28,38H,4-6,8,14-21H2,1-3H3,(H,36,45)(H,37,42)(H,39,44)/b13-7-/t24-,26-,27+,28+,35-/m1/s1. The van der Waals surface area contributed by atoms with Crippen LogP contribution in [-0.4, -0.2) is 90.0 Å². The summed E-state index contributed by atoms with van der Waals surface area (Å²) in [5.41, 5.74) is -0.373. The number of allylic oxidation sites excluding steroid dienone is 1. The van der Waals surface area contributed by atoms with Gasteiger partial charge >= 0.3 is 22.4 Å². The first-order valence-electron chi connectivity index (χ1n) is 17.8. The molecule has 5 amide bonds. The van der Waals surface area contributed by atoms with Crippen LogP contribution in [0.2, 0.25) is 0 Å². The number of alkyl carbamates (subject to hydrolysis) is 1. The van der Waals surface area contributed by atoms with Crippen molar-refractivity contribution in [3.05, 3.63) is 47.5 Å². The van der Waals surface area contributed by atoms with E-state index in [-0.39, 0.29) is 31.8 Å². The summed E-state index contributed by atoms with van der Waals surface area (Å²) < 4.78 is 41.3. The molecule has 1 aromatic carbocycles. The molecule has 3 heterocycles. The molecule has 3 fully saturated rings. The number of hydrogen-bond acceptors (Lipinski definition) is 9. The largest absolute Gasteiger partial charge is 0.444 e. The fourth-order valence-corrected chi connectivity index (χ4v) is 8.12. The van der Waals surface area contributed by atoms with Gasteiger partial charge in [0.25, 0.3) is 5.91 Å². The molecule has 3 aliphatic heterocycles. The maximum absolute atomic E-state index is 14.3. The topological polar surface area (TPSA) is 193 Å². The minimum atomic E-state index is -4.17. The van der Waals surface area contributed by atoms with E-state index in [9.17, 15) is 32.4 Å². The second-order valence-corrected chi connectivity index (χ2v) is 16.7. The summed E-state index contributed by atoms with van der Waals surface area (Å²) in [4.78, 5) is 71.2. The summed E-state index contributed by atoms with van der Waals surface area (Å²) in [6.45, 7) is 5.73. The Morgan fingerprint density at radius 3 is 2.37 bits per heavy atom. The smallest absolute Gasteiger partial charge is 0.410 e. The quantitative estimate of drug-likeness (QED) is 0.319. The van der Waals surface area contributed by atoms with Crippen molar-refractivity contribution in [1.82, 2.24) is 29.9 Å².